The van der Waals surface area contributed by atoms with E-state index in [0.29, 0.717) is 5.88 Å². The number of rotatable bonds is 4. The van der Waals surface area contributed by atoms with E-state index in [9.17, 15) is 0 Å². The van der Waals surface area contributed by atoms with E-state index in [1.54, 1.807) is 18.4 Å². The zero-order chi connectivity index (χ0) is 12.3. The fourth-order valence-electron chi connectivity index (χ4n) is 1.67. The summed E-state index contributed by atoms with van der Waals surface area (Å²) in [7, 11) is 1.68. The van der Waals surface area contributed by atoms with Gasteiger partial charge < -0.3 is 4.74 Å². The second kappa shape index (κ2) is 5.52. The van der Waals surface area contributed by atoms with E-state index in [1.165, 1.54) is 5.56 Å². The molecule has 0 N–H and O–H groups in total. The Morgan fingerprint density at radius 1 is 1.41 bits per heavy atom. The average Bonchev–Trinajstić information content (AvgIpc) is 2.86. The molecule has 0 saturated heterocycles. The third-order valence-electron chi connectivity index (χ3n) is 2.61. The lowest BCUT2D eigenvalue weighted by Crippen LogP contribution is -1.90. The number of hydrogen-bond acceptors (Lipinski definition) is 3. The molecule has 0 atom stereocenters. The SMILES string of the molecule is CCc1ccc(OC)c(-c2csc(CCl)n2)c1. The molecule has 1 aromatic heterocycles. The van der Waals surface area contributed by atoms with Crippen LogP contribution >= 0.6 is 22.9 Å². The summed E-state index contributed by atoms with van der Waals surface area (Å²) in [6, 6.07) is 6.21. The van der Waals surface area contributed by atoms with Crippen LogP contribution in [0.3, 0.4) is 0 Å². The number of methoxy groups -OCH3 is 1. The Balaban J connectivity index is 2.47. The van der Waals surface area contributed by atoms with Gasteiger partial charge in [0.05, 0.1) is 18.7 Å². The number of aryl methyl sites for hydroxylation is 1. The minimum atomic E-state index is 0.459. The van der Waals surface area contributed by atoms with Gasteiger partial charge in [-0.1, -0.05) is 13.0 Å². The van der Waals surface area contributed by atoms with E-state index in [-0.39, 0.29) is 0 Å². The molecule has 17 heavy (non-hydrogen) atoms. The number of nitrogens with zero attached hydrogens (tertiary/aromatic N) is 1. The first-order valence-corrected chi connectivity index (χ1v) is 6.87. The van der Waals surface area contributed by atoms with Crippen molar-refractivity contribution in [1.29, 1.82) is 0 Å². The van der Waals surface area contributed by atoms with Crippen molar-refractivity contribution in [1.82, 2.24) is 4.98 Å². The Morgan fingerprint density at radius 3 is 2.82 bits per heavy atom. The van der Waals surface area contributed by atoms with Crippen LogP contribution in [0.25, 0.3) is 11.3 Å². The monoisotopic (exact) mass is 267 g/mol. The molecule has 0 radical (unpaired) electrons. The highest BCUT2D eigenvalue weighted by molar-refractivity contribution is 7.10. The summed E-state index contributed by atoms with van der Waals surface area (Å²) in [4.78, 5) is 4.49. The topological polar surface area (TPSA) is 22.1 Å². The van der Waals surface area contributed by atoms with Crippen molar-refractivity contribution >= 4 is 22.9 Å². The lowest BCUT2D eigenvalue weighted by molar-refractivity contribution is 0.416. The summed E-state index contributed by atoms with van der Waals surface area (Å²) in [6.07, 6.45) is 1.00. The van der Waals surface area contributed by atoms with E-state index in [1.807, 2.05) is 11.4 Å². The highest BCUT2D eigenvalue weighted by atomic mass is 35.5. The van der Waals surface area contributed by atoms with E-state index < -0.39 is 0 Å². The van der Waals surface area contributed by atoms with Crippen molar-refractivity contribution in [2.24, 2.45) is 0 Å². The molecule has 1 heterocycles. The van der Waals surface area contributed by atoms with Crippen molar-refractivity contribution in [3.63, 3.8) is 0 Å². The van der Waals surface area contributed by atoms with E-state index in [2.05, 4.69) is 24.0 Å². The van der Waals surface area contributed by atoms with Gasteiger partial charge in [-0.3, -0.25) is 0 Å². The minimum Gasteiger partial charge on any atom is -0.496 e. The Morgan fingerprint density at radius 2 is 2.24 bits per heavy atom. The van der Waals surface area contributed by atoms with Crippen LogP contribution in [0.15, 0.2) is 23.6 Å². The van der Waals surface area contributed by atoms with Gasteiger partial charge in [0, 0.05) is 10.9 Å². The Bertz CT molecular complexity index is 510. The molecule has 90 valence electrons. The van der Waals surface area contributed by atoms with Crippen molar-refractivity contribution in [3.05, 3.63) is 34.2 Å². The normalized spacial score (nSPS) is 10.5. The molecule has 2 rings (SSSR count). The average molecular weight is 268 g/mol. The molecule has 0 saturated carbocycles. The van der Waals surface area contributed by atoms with Gasteiger partial charge in [-0.25, -0.2) is 4.98 Å². The smallest absolute Gasteiger partial charge is 0.128 e. The van der Waals surface area contributed by atoms with Gasteiger partial charge in [-0.05, 0) is 24.1 Å². The molecule has 0 amide bonds. The first-order valence-electron chi connectivity index (χ1n) is 5.46. The first kappa shape index (κ1) is 12.4. The van der Waals surface area contributed by atoms with Gasteiger partial charge in [0.15, 0.2) is 0 Å². The summed E-state index contributed by atoms with van der Waals surface area (Å²) in [5.41, 5.74) is 3.26. The van der Waals surface area contributed by atoms with Crippen LogP contribution in [0.2, 0.25) is 0 Å². The fourth-order valence-corrected chi connectivity index (χ4v) is 2.56. The molecule has 0 aliphatic rings. The maximum Gasteiger partial charge on any atom is 0.128 e. The number of thiazole rings is 1. The number of halogens is 1. The van der Waals surface area contributed by atoms with Crippen LogP contribution in [0.4, 0.5) is 0 Å². The van der Waals surface area contributed by atoms with Crippen LogP contribution < -0.4 is 4.74 Å². The largest absolute Gasteiger partial charge is 0.496 e. The molecule has 0 aliphatic heterocycles. The quantitative estimate of drug-likeness (QED) is 0.778. The van der Waals surface area contributed by atoms with Crippen LogP contribution in [-0.4, -0.2) is 12.1 Å². The van der Waals surface area contributed by atoms with E-state index in [4.69, 9.17) is 16.3 Å². The molecule has 0 bridgehead atoms. The third kappa shape index (κ3) is 2.61. The third-order valence-corrected chi connectivity index (χ3v) is 3.87. The molecular formula is C13H14ClNOS. The molecule has 0 aliphatic carbocycles. The highest BCUT2D eigenvalue weighted by Gasteiger charge is 2.10. The van der Waals surface area contributed by atoms with Crippen LogP contribution in [0.1, 0.15) is 17.5 Å². The van der Waals surface area contributed by atoms with E-state index >= 15 is 0 Å². The zero-order valence-electron chi connectivity index (χ0n) is 9.87. The molecular weight excluding hydrogens is 254 g/mol. The van der Waals surface area contributed by atoms with Crippen molar-refractivity contribution in [2.75, 3.05) is 7.11 Å². The van der Waals surface area contributed by atoms with Crippen molar-refractivity contribution in [2.45, 2.75) is 19.2 Å². The second-order valence-corrected chi connectivity index (χ2v) is 4.86. The fraction of sp³-hybridized carbons (Fsp3) is 0.308. The maximum atomic E-state index is 5.78. The van der Waals surface area contributed by atoms with Crippen LogP contribution in [-0.2, 0) is 12.3 Å². The van der Waals surface area contributed by atoms with Crippen LogP contribution in [0, 0.1) is 0 Å². The van der Waals surface area contributed by atoms with Crippen molar-refractivity contribution in [3.8, 4) is 17.0 Å². The van der Waals surface area contributed by atoms with Gasteiger partial charge in [0.2, 0.25) is 0 Å². The van der Waals surface area contributed by atoms with Crippen LogP contribution in [0.5, 0.6) is 5.75 Å². The van der Waals surface area contributed by atoms with Gasteiger partial charge in [0.1, 0.15) is 10.8 Å². The summed E-state index contributed by atoms with van der Waals surface area (Å²) in [5, 5.41) is 2.96. The highest BCUT2D eigenvalue weighted by Crippen LogP contribution is 2.32. The maximum absolute atomic E-state index is 5.78. The Kier molecular flexibility index (Phi) is 4.02. The molecule has 1 aromatic carbocycles. The van der Waals surface area contributed by atoms with Gasteiger partial charge in [0.25, 0.3) is 0 Å². The Labute approximate surface area is 110 Å². The predicted octanol–water partition coefficient (Wildman–Crippen LogP) is 4.12. The van der Waals surface area contributed by atoms with Gasteiger partial charge in [-0.15, -0.1) is 22.9 Å². The molecule has 0 spiro atoms. The molecule has 0 fully saturated rings. The lowest BCUT2D eigenvalue weighted by atomic mass is 10.1. The minimum absolute atomic E-state index is 0.459. The van der Waals surface area contributed by atoms with Crippen molar-refractivity contribution < 1.29 is 4.74 Å². The lowest BCUT2D eigenvalue weighted by Gasteiger charge is -2.08. The first-order chi connectivity index (χ1) is 8.28. The second-order valence-electron chi connectivity index (χ2n) is 3.65. The standard InChI is InChI=1S/C13H14ClNOS/c1-3-9-4-5-12(16-2)10(6-9)11-8-17-13(7-14)15-11/h4-6,8H,3,7H2,1-2H3. The summed E-state index contributed by atoms with van der Waals surface area (Å²) in [6.45, 7) is 2.14. The van der Waals surface area contributed by atoms with Gasteiger partial charge >= 0.3 is 0 Å². The summed E-state index contributed by atoms with van der Waals surface area (Å²) < 4.78 is 5.37. The number of alkyl halides is 1. The molecule has 4 heteroatoms. The summed E-state index contributed by atoms with van der Waals surface area (Å²) >= 11 is 7.36. The Hall–Kier alpha value is -1.06. The number of benzene rings is 1. The molecule has 2 nitrogen and oxygen atoms in total. The number of ether oxygens (including phenoxy) is 1. The van der Waals surface area contributed by atoms with Gasteiger partial charge in [-0.2, -0.15) is 0 Å². The number of aromatic nitrogens is 1. The zero-order valence-corrected chi connectivity index (χ0v) is 11.4. The van der Waals surface area contributed by atoms with E-state index in [0.717, 1.165) is 28.4 Å². The molecule has 0 unspecified atom stereocenters. The summed E-state index contributed by atoms with van der Waals surface area (Å²) in [5.74, 6) is 1.31. The number of hydrogen-bond donors (Lipinski definition) is 0. The predicted molar refractivity (Wildman–Crippen MR) is 73.0 cm³/mol. The molecule has 2 aromatic rings.